The number of rotatable bonds is 4. The number of aromatic nitrogens is 4. The molecule has 1 aliphatic heterocycles. The van der Waals surface area contributed by atoms with E-state index in [2.05, 4.69) is 20.4 Å². The normalized spacial score (nSPS) is 14.6. The minimum atomic E-state index is -0.554. The maximum atomic E-state index is 12.0. The van der Waals surface area contributed by atoms with Gasteiger partial charge in [-0.05, 0) is 18.2 Å². The Morgan fingerprint density at radius 3 is 2.91 bits per heavy atom. The van der Waals surface area contributed by atoms with Crippen molar-refractivity contribution in [3.8, 4) is 11.4 Å². The zero-order valence-corrected chi connectivity index (χ0v) is 12.1. The molecule has 0 bridgehead atoms. The number of imidazole rings is 1. The van der Waals surface area contributed by atoms with Crippen LogP contribution in [0, 0.1) is 0 Å². The molecule has 8 heteroatoms. The quantitative estimate of drug-likeness (QED) is 0.734. The van der Waals surface area contributed by atoms with Crippen molar-refractivity contribution < 1.29 is 9.53 Å². The smallest absolute Gasteiger partial charge is 0.253 e. The van der Waals surface area contributed by atoms with Crippen molar-refractivity contribution in [1.29, 1.82) is 0 Å². The Labute approximate surface area is 131 Å². The molecule has 0 radical (unpaired) electrons. The van der Waals surface area contributed by atoms with Crippen LogP contribution in [0.25, 0.3) is 17.0 Å². The SMILES string of the molecule is NC(=O)c1c(NC2COC2)ccnc1-c1cnc2cccnn12. The highest BCUT2D eigenvalue weighted by atomic mass is 16.5. The average molecular weight is 310 g/mol. The maximum Gasteiger partial charge on any atom is 0.253 e. The van der Waals surface area contributed by atoms with Crippen LogP contribution in [-0.2, 0) is 4.74 Å². The Balaban J connectivity index is 1.87. The van der Waals surface area contributed by atoms with Crippen LogP contribution in [-0.4, -0.2) is 44.7 Å². The third-order valence-corrected chi connectivity index (χ3v) is 3.72. The van der Waals surface area contributed by atoms with Gasteiger partial charge in [0.1, 0.15) is 11.4 Å². The molecule has 0 aromatic carbocycles. The summed E-state index contributed by atoms with van der Waals surface area (Å²) in [6.07, 6.45) is 4.91. The molecule has 0 spiro atoms. The van der Waals surface area contributed by atoms with Gasteiger partial charge in [0.05, 0.1) is 36.7 Å². The van der Waals surface area contributed by atoms with Crippen LogP contribution in [0.3, 0.4) is 0 Å². The van der Waals surface area contributed by atoms with E-state index in [1.165, 1.54) is 0 Å². The molecular formula is C15H14N6O2. The number of nitrogens with zero attached hydrogens (tertiary/aromatic N) is 4. The number of primary amides is 1. The fourth-order valence-electron chi connectivity index (χ4n) is 2.56. The van der Waals surface area contributed by atoms with Crippen molar-refractivity contribution in [1.82, 2.24) is 19.6 Å². The highest BCUT2D eigenvalue weighted by Crippen LogP contribution is 2.28. The number of ether oxygens (including phenoxy) is 1. The lowest BCUT2D eigenvalue weighted by molar-refractivity contribution is 0.0211. The van der Waals surface area contributed by atoms with E-state index in [0.717, 1.165) is 0 Å². The van der Waals surface area contributed by atoms with E-state index in [-0.39, 0.29) is 6.04 Å². The fourth-order valence-corrected chi connectivity index (χ4v) is 2.56. The molecule has 3 aromatic rings. The Bertz CT molecular complexity index is 887. The van der Waals surface area contributed by atoms with E-state index in [1.807, 2.05) is 6.07 Å². The lowest BCUT2D eigenvalue weighted by Crippen LogP contribution is -2.40. The van der Waals surface area contributed by atoms with Gasteiger partial charge < -0.3 is 15.8 Å². The standard InChI is InChI=1S/C15H14N6O2/c16-15(22)13-10(20-9-7-23-8-9)3-5-17-14(13)11-6-18-12-2-1-4-19-21(11)12/h1-6,9H,7-8H2,(H2,16,22)(H,17,20). The summed E-state index contributed by atoms with van der Waals surface area (Å²) in [7, 11) is 0. The highest BCUT2D eigenvalue weighted by molar-refractivity contribution is 6.03. The Morgan fingerprint density at radius 2 is 2.17 bits per heavy atom. The molecule has 4 heterocycles. The number of nitrogens with one attached hydrogen (secondary N) is 1. The van der Waals surface area contributed by atoms with Crippen LogP contribution in [0.4, 0.5) is 5.69 Å². The van der Waals surface area contributed by atoms with E-state index in [0.29, 0.717) is 41.5 Å². The van der Waals surface area contributed by atoms with Gasteiger partial charge in [0.25, 0.3) is 5.91 Å². The zero-order valence-electron chi connectivity index (χ0n) is 12.1. The molecule has 0 atom stereocenters. The van der Waals surface area contributed by atoms with Gasteiger partial charge in [0.2, 0.25) is 0 Å². The van der Waals surface area contributed by atoms with E-state index < -0.39 is 5.91 Å². The highest BCUT2D eigenvalue weighted by Gasteiger charge is 2.24. The van der Waals surface area contributed by atoms with Crippen LogP contribution >= 0.6 is 0 Å². The predicted octanol–water partition coefficient (Wildman–Crippen LogP) is 0.701. The van der Waals surface area contributed by atoms with E-state index in [4.69, 9.17) is 10.5 Å². The molecule has 1 amide bonds. The molecule has 0 unspecified atom stereocenters. The van der Waals surface area contributed by atoms with Crippen LogP contribution in [0.1, 0.15) is 10.4 Å². The Kier molecular flexibility index (Phi) is 3.16. The molecule has 4 rings (SSSR count). The van der Waals surface area contributed by atoms with Gasteiger partial charge >= 0.3 is 0 Å². The minimum absolute atomic E-state index is 0.170. The van der Waals surface area contributed by atoms with Crippen LogP contribution in [0.15, 0.2) is 36.8 Å². The lowest BCUT2D eigenvalue weighted by Gasteiger charge is -2.28. The minimum Gasteiger partial charge on any atom is -0.377 e. The largest absolute Gasteiger partial charge is 0.377 e. The van der Waals surface area contributed by atoms with Gasteiger partial charge in [0, 0.05) is 12.4 Å². The Hall–Kier alpha value is -3.00. The predicted molar refractivity (Wildman–Crippen MR) is 83.0 cm³/mol. The molecule has 0 aliphatic carbocycles. The average Bonchev–Trinajstić information content (AvgIpc) is 2.94. The second kappa shape index (κ2) is 5.33. The number of carbonyl (C=O) groups excluding carboxylic acids is 1. The van der Waals surface area contributed by atoms with E-state index in [1.54, 1.807) is 35.2 Å². The van der Waals surface area contributed by atoms with Crippen LogP contribution < -0.4 is 11.1 Å². The van der Waals surface area contributed by atoms with Crippen molar-refractivity contribution in [3.05, 3.63) is 42.4 Å². The summed E-state index contributed by atoms with van der Waals surface area (Å²) in [5.74, 6) is -0.554. The molecule has 1 fully saturated rings. The molecule has 1 aliphatic rings. The number of fused-ring (bicyclic) bond motifs is 1. The molecule has 1 saturated heterocycles. The third-order valence-electron chi connectivity index (χ3n) is 3.72. The van der Waals surface area contributed by atoms with E-state index in [9.17, 15) is 4.79 Å². The summed E-state index contributed by atoms with van der Waals surface area (Å²) in [5, 5.41) is 7.52. The van der Waals surface area contributed by atoms with Crippen molar-refractivity contribution in [3.63, 3.8) is 0 Å². The zero-order chi connectivity index (χ0) is 15.8. The van der Waals surface area contributed by atoms with Crippen LogP contribution in [0.2, 0.25) is 0 Å². The summed E-state index contributed by atoms with van der Waals surface area (Å²) < 4.78 is 6.78. The molecule has 116 valence electrons. The first-order valence-corrected chi connectivity index (χ1v) is 7.16. The molecule has 23 heavy (non-hydrogen) atoms. The van der Waals surface area contributed by atoms with Gasteiger partial charge in [0.15, 0.2) is 5.65 Å². The fraction of sp³-hybridized carbons (Fsp3) is 0.200. The number of hydrogen-bond donors (Lipinski definition) is 2. The first-order valence-electron chi connectivity index (χ1n) is 7.16. The van der Waals surface area contributed by atoms with Gasteiger partial charge in [-0.15, -0.1) is 0 Å². The van der Waals surface area contributed by atoms with Crippen molar-refractivity contribution in [2.45, 2.75) is 6.04 Å². The van der Waals surface area contributed by atoms with Gasteiger partial charge in [-0.3, -0.25) is 9.78 Å². The van der Waals surface area contributed by atoms with Crippen molar-refractivity contribution in [2.75, 3.05) is 18.5 Å². The second-order valence-electron chi connectivity index (χ2n) is 5.26. The third kappa shape index (κ3) is 2.29. The topological polar surface area (TPSA) is 107 Å². The monoisotopic (exact) mass is 310 g/mol. The lowest BCUT2D eigenvalue weighted by atomic mass is 10.1. The van der Waals surface area contributed by atoms with Gasteiger partial charge in [-0.1, -0.05) is 0 Å². The molecular weight excluding hydrogens is 296 g/mol. The van der Waals surface area contributed by atoms with Crippen molar-refractivity contribution in [2.24, 2.45) is 5.73 Å². The number of hydrogen-bond acceptors (Lipinski definition) is 6. The summed E-state index contributed by atoms with van der Waals surface area (Å²) in [4.78, 5) is 20.6. The number of pyridine rings is 1. The summed E-state index contributed by atoms with van der Waals surface area (Å²) in [6.45, 7) is 1.21. The van der Waals surface area contributed by atoms with Gasteiger partial charge in [-0.2, -0.15) is 5.10 Å². The molecule has 8 nitrogen and oxygen atoms in total. The number of anilines is 1. The number of amides is 1. The first kappa shape index (κ1) is 13.6. The second-order valence-corrected chi connectivity index (χ2v) is 5.26. The number of nitrogens with two attached hydrogens (primary N) is 1. The molecule has 0 saturated carbocycles. The summed E-state index contributed by atoms with van der Waals surface area (Å²) in [6, 6.07) is 5.53. The maximum absolute atomic E-state index is 12.0. The number of carbonyl (C=O) groups is 1. The molecule has 3 N–H and O–H groups in total. The Morgan fingerprint density at radius 1 is 1.30 bits per heavy atom. The van der Waals surface area contributed by atoms with E-state index >= 15 is 0 Å². The molecule has 3 aromatic heterocycles. The summed E-state index contributed by atoms with van der Waals surface area (Å²) >= 11 is 0. The first-order chi connectivity index (χ1) is 11.2. The van der Waals surface area contributed by atoms with Gasteiger partial charge in [-0.25, -0.2) is 9.50 Å². The van der Waals surface area contributed by atoms with Crippen molar-refractivity contribution >= 4 is 17.2 Å². The summed E-state index contributed by atoms with van der Waals surface area (Å²) in [5.41, 5.74) is 8.30. The van der Waals surface area contributed by atoms with Crippen LogP contribution in [0.5, 0.6) is 0 Å².